The van der Waals surface area contributed by atoms with Crippen LogP contribution in [-0.2, 0) is 4.79 Å². The van der Waals surface area contributed by atoms with E-state index in [4.69, 9.17) is 0 Å². The van der Waals surface area contributed by atoms with Crippen LogP contribution in [0.25, 0.3) is 0 Å². The largest absolute Gasteiger partial charge is 0.299 e. The third kappa shape index (κ3) is 1.77. The number of ketones is 1. The predicted octanol–water partition coefficient (Wildman–Crippen LogP) is 3.90. The van der Waals surface area contributed by atoms with Gasteiger partial charge in [0.15, 0.2) is 0 Å². The molecule has 2 rings (SSSR count). The van der Waals surface area contributed by atoms with E-state index >= 15 is 0 Å². The molecule has 0 aromatic carbocycles. The van der Waals surface area contributed by atoms with Gasteiger partial charge >= 0.3 is 0 Å². The van der Waals surface area contributed by atoms with Crippen LogP contribution in [0.15, 0.2) is 23.8 Å². The lowest BCUT2D eigenvalue weighted by atomic mass is 9.57. The minimum atomic E-state index is 0.111. The van der Waals surface area contributed by atoms with E-state index in [1.165, 1.54) is 12.0 Å². The van der Waals surface area contributed by atoms with Crippen LogP contribution in [-0.4, -0.2) is 5.78 Å². The van der Waals surface area contributed by atoms with Gasteiger partial charge in [0, 0.05) is 12.3 Å². The van der Waals surface area contributed by atoms with Gasteiger partial charge in [-0.25, -0.2) is 0 Å². The Balaban J connectivity index is 2.29. The Hall–Kier alpha value is -0.850. The van der Waals surface area contributed by atoms with Crippen molar-refractivity contribution < 1.29 is 4.79 Å². The number of carbonyl (C=O) groups excluding carboxylic acids is 1. The van der Waals surface area contributed by atoms with E-state index in [0.717, 1.165) is 24.8 Å². The molecule has 3 atom stereocenters. The summed E-state index contributed by atoms with van der Waals surface area (Å²) in [6, 6.07) is 0. The highest BCUT2D eigenvalue weighted by Crippen LogP contribution is 2.51. The van der Waals surface area contributed by atoms with Crippen LogP contribution in [0.3, 0.4) is 0 Å². The van der Waals surface area contributed by atoms with E-state index < -0.39 is 0 Å². The van der Waals surface area contributed by atoms with E-state index in [1.807, 2.05) is 6.92 Å². The number of rotatable bonds is 1. The van der Waals surface area contributed by atoms with Gasteiger partial charge in [-0.15, -0.1) is 0 Å². The van der Waals surface area contributed by atoms with Crippen LogP contribution >= 0.6 is 0 Å². The highest BCUT2D eigenvalue weighted by molar-refractivity contribution is 5.85. The van der Waals surface area contributed by atoms with Crippen molar-refractivity contribution in [3.05, 3.63) is 23.8 Å². The fourth-order valence-electron chi connectivity index (χ4n) is 3.54. The summed E-state index contributed by atoms with van der Waals surface area (Å²) in [5.74, 6) is 1.13. The first-order valence-electron chi connectivity index (χ1n) is 6.29. The standard InChI is InChI=1S/C15H22O/c1-10(2)12-8-13-11(3)6-5-7-15(13,4)9-14(12)16/h6,12-13H,1,5,7-9H2,2-4H3/t12-,13+,15-/m0/s1. The van der Waals surface area contributed by atoms with E-state index in [0.29, 0.717) is 11.7 Å². The number of fused-ring (bicyclic) bond motifs is 1. The Kier molecular flexibility index (Phi) is 2.81. The fraction of sp³-hybridized carbons (Fsp3) is 0.667. The number of hydrogen-bond acceptors (Lipinski definition) is 1. The molecular formula is C15H22O. The van der Waals surface area contributed by atoms with Gasteiger partial charge in [-0.05, 0) is 44.4 Å². The van der Waals surface area contributed by atoms with Crippen LogP contribution in [0.4, 0.5) is 0 Å². The monoisotopic (exact) mass is 218 g/mol. The summed E-state index contributed by atoms with van der Waals surface area (Å²) in [6.45, 7) is 10.5. The summed E-state index contributed by atoms with van der Waals surface area (Å²) in [4.78, 5) is 12.1. The smallest absolute Gasteiger partial charge is 0.140 e. The summed E-state index contributed by atoms with van der Waals surface area (Å²) in [5.41, 5.74) is 2.76. The molecule has 2 aliphatic rings. The highest BCUT2D eigenvalue weighted by atomic mass is 16.1. The second kappa shape index (κ2) is 3.87. The van der Waals surface area contributed by atoms with Crippen LogP contribution in [0, 0.1) is 17.3 Å². The fourth-order valence-corrected chi connectivity index (χ4v) is 3.54. The number of carbonyl (C=O) groups is 1. The number of hydrogen-bond donors (Lipinski definition) is 0. The van der Waals surface area contributed by atoms with Crippen LogP contribution in [0.2, 0.25) is 0 Å². The molecule has 1 saturated carbocycles. The van der Waals surface area contributed by atoms with E-state index in [2.05, 4.69) is 26.5 Å². The average molecular weight is 218 g/mol. The molecule has 0 aliphatic heterocycles. The van der Waals surface area contributed by atoms with Crippen molar-refractivity contribution in [2.24, 2.45) is 17.3 Å². The molecule has 0 spiro atoms. The summed E-state index contributed by atoms with van der Waals surface area (Å²) in [7, 11) is 0. The summed E-state index contributed by atoms with van der Waals surface area (Å²) >= 11 is 0. The number of allylic oxidation sites excluding steroid dienone is 3. The van der Waals surface area contributed by atoms with Crippen molar-refractivity contribution in [2.45, 2.75) is 46.5 Å². The molecule has 0 N–H and O–H groups in total. The van der Waals surface area contributed by atoms with Gasteiger partial charge in [0.05, 0.1) is 0 Å². The SMILES string of the molecule is C=C(C)[C@@H]1C[C@@H]2C(C)=CCC[C@@]2(C)CC1=O. The lowest BCUT2D eigenvalue weighted by Gasteiger charge is -2.46. The molecule has 0 aromatic rings. The topological polar surface area (TPSA) is 17.1 Å². The van der Waals surface area contributed by atoms with Gasteiger partial charge in [-0.1, -0.05) is 30.7 Å². The zero-order valence-corrected chi connectivity index (χ0v) is 10.7. The zero-order valence-electron chi connectivity index (χ0n) is 10.7. The Morgan fingerprint density at radius 2 is 2.25 bits per heavy atom. The quantitative estimate of drug-likeness (QED) is 0.610. The molecule has 1 fully saturated rings. The molecule has 1 heteroatoms. The van der Waals surface area contributed by atoms with E-state index in [-0.39, 0.29) is 11.3 Å². The van der Waals surface area contributed by atoms with Gasteiger partial charge in [0.2, 0.25) is 0 Å². The van der Waals surface area contributed by atoms with Crippen molar-refractivity contribution in [3.8, 4) is 0 Å². The lowest BCUT2D eigenvalue weighted by Crippen LogP contribution is -2.42. The van der Waals surface area contributed by atoms with Crippen LogP contribution < -0.4 is 0 Å². The molecule has 0 aromatic heterocycles. The Bertz CT molecular complexity index is 364. The van der Waals surface area contributed by atoms with Crippen LogP contribution in [0.1, 0.15) is 46.5 Å². The zero-order chi connectivity index (χ0) is 11.9. The van der Waals surface area contributed by atoms with Crippen molar-refractivity contribution in [1.82, 2.24) is 0 Å². The van der Waals surface area contributed by atoms with Crippen molar-refractivity contribution in [2.75, 3.05) is 0 Å². The van der Waals surface area contributed by atoms with Crippen molar-refractivity contribution in [1.29, 1.82) is 0 Å². The molecule has 16 heavy (non-hydrogen) atoms. The van der Waals surface area contributed by atoms with Gasteiger partial charge in [0.25, 0.3) is 0 Å². The predicted molar refractivity (Wildman–Crippen MR) is 67.1 cm³/mol. The van der Waals surface area contributed by atoms with Gasteiger partial charge in [0.1, 0.15) is 5.78 Å². The van der Waals surface area contributed by atoms with Crippen LogP contribution in [0.5, 0.6) is 0 Å². The third-order valence-corrected chi connectivity index (χ3v) is 4.61. The molecule has 88 valence electrons. The summed E-state index contributed by atoms with van der Waals surface area (Å²) in [5, 5.41) is 0. The normalized spacial score (nSPS) is 38.9. The first-order valence-corrected chi connectivity index (χ1v) is 6.29. The molecule has 2 aliphatic carbocycles. The molecule has 0 bridgehead atoms. The summed E-state index contributed by atoms with van der Waals surface area (Å²) < 4.78 is 0. The molecular weight excluding hydrogens is 196 g/mol. The molecule has 0 heterocycles. The van der Waals surface area contributed by atoms with Crippen molar-refractivity contribution in [3.63, 3.8) is 0 Å². The number of Topliss-reactive ketones (excluding diaryl/α,β-unsaturated/α-hetero) is 1. The van der Waals surface area contributed by atoms with Gasteiger partial charge < -0.3 is 0 Å². The minimum absolute atomic E-state index is 0.111. The maximum Gasteiger partial charge on any atom is 0.140 e. The molecule has 1 nitrogen and oxygen atoms in total. The molecule has 0 saturated heterocycles. The van der Waals surface area contributed by atoms with Crippen molar-refractivity contribution >= 4 is 5.78 Å². The summed E-state index contributed by atoms with van der Waals surface area (Å²) in [6.07, 6.45) is 6.42. The maximum absolute atomic E-state index is 12.1. The Labute approximate surface area is 98.6 Å². The average Bonchev–Trinajstić information content (AvgIpc) is 2.15. The Morgan fingerprint density at radius 3 is 2.88 bits per heavy atom. The van der Waals surface area contributed by atoms with E-state index in [9.17, 15) is 4.79 Å². The third-order valence-electron chi connectivity index (χ3n) is 4.61. The first-order chi connectivity index (χ1) is 7.44. The highest BCUT2D eigenvalue weighted by Gasteiger charge is 2.45. The second-order valence-corrected chi connectivity index (χ2v) is 5.97. The Morgan fingerprint density at radius 1 is 1.56 bits per heavy atom. The van der Waals surface area contributed by atoms with Gasteiger partial charge in [-0.3, -0.25) is 4.79 Å². The first kappa shape index (κ1) is 11.6. The van der Waals surface area contributed by atoms with Gasteiger partial charge in [-0.2, -0.15) is 0 Å². The second-order valence-electron chi connectivity index (χ2n) is 5.97. The maximum atomic E-state index is 12.1. The van der Waals surface area contributed by atoms with E-state index in [1.54, 1.807) is 0 Å². The molecule has 0 radical (unpaired) electrons. The lowest BCUT2D eigenvalue weighted by molar-refractivity contribution is -0.129. The molecule has 0 amide bonds. The minimum Gasteiger partial charge on any atom is -0.299 e. The molecule has 0 unspecified atom stereocenters.